The second kappa shape index (κ2) is 3.60. The highest BCUT2D eigenvalue weighted by Gasteiger charge is 2.31. The zero-order chi connectivity index (χ0) is 10.1. The molecule has 0 N–H and O–H groups in total. The predicted molar refractivity (Wildman–Crippen MR) is 47.3 cm³/mol. The summed E-state index contributed by atoms with van der Waals surface area (Å²) in [7, 11) is 0. The molecule has 1 aromatic heterocycles. The van der Waals surface area contributed by atoms with Crippen LogP contribution in [-0.2, 0) is 6.18 Å². The van der Waals surface area contributed by atoms with E-state index in [-0.39, 0.29) is 9.26 Å². The minimum atomic E-state index is -4.45. The Kier molecular flexibility index (Phi) is 2.89. The Hall–Kier alpha value is -0.660. The van der Waals surface area contributed by atoms with E-state index < -0.39 is 11.7 Å². The van der Waals surface area contributed by atoms with Gasteiger partial charge >= 0.3 is 6.18 Å². The van der Waals surface area contributed by atoms with Crippen LogP contribution in [-0.4, -0.2) is 11.3 Å². The maximum atomic E-state index is 12.1. The first-order chi connectivity index (χ1) is 5.95. The number of carbonyl (C=O) groups is 1. The Labute approximate surface area is 85.3 Å². The molecule has 13 heavy (non-hydrogen) atoms. The van der Waals surface area contributed by atoms with Crippen LogP contribution in [0.3, 0.4) is 0 Å². The normalized spacial score (nSPS) is 11.4. The molecular formula is C7H3F3INO. The molecule has 0 aliphatic carbocycles. The number of hydrogen-bond donors (Lipinski definition) is 0. The fourth-order valence-corrected chi connectivity index (χ4v) is 1.12. The summed E-state index contributed by atoms with van der Waals surface area (Å²) < 4.78 is 36.5. The summed E-state index contributed by atoms with van der Waals surface area (Å²) in [6, 6.07) is 0.780. The molecule has 1 aromatic rings. The molecule has 0 aliphatic heterocycles. The fraction of sp³-hybridized carbons (Fsp3) is 0.143. The summed E-state index contributed by atoms with van der Waals surface area (Å²) in [5.74, 6) is 0. The average Bonchev–Trinajstić information content (AvgIpc) is 2.03. The van der Waals surface area contributed by atoms with Gasteiger partial charge in [-0.25, -0.2) is 4.98 Å². The van der Waals surface area contributed by atoms with Crippen molar-refractivity contribution in [3.05, 3.63) is 27.1 Å². The van der Waals surface area contributed by atoms with E-state index in [1.54, 1.807) is 22.6 Å². The van der Waals surface area contributed by atoms with Crippen LogP contribution >= 0.6 is 22.6 Å². The molecule has 2 nitrogen and oxygen atoms in total. The summed E-state index contributed by atoms with van der Waals surface area (Å²) >= 11 is 1.70. The molecule has 0 aromatic carbocycles. The second-order valence-electron chi connectivity index (χ2n) is 2.22. The molecular weight excluding hydrogens is 298 g/mol. The van der Waals surface area contributed by atoms with Crippen molar-refractivity contribution in [1.82, 2.24) is 4.98 Å². The molecule has 0 aliphatic rings. The predicted octanol–water partition coefficient (Wildman–Crippen LogP) is 2.52. The summed E-state index contributed by atoms with van der Waals surface area (Å²) in [6.45, 7) is 0. The van der Waals surface area contributed by atoms with Gasteiger partial charge in [-0.3, -0.25) is 4.79 Å². The van der Waals surface area contributed by atoms with Crippen LogP contribution in [0.15, 0.2) is 12.3 Å². The number of aromatic nitrogens is 1. The number of hydrogen-bond acceptors (Lipinski definition) is 2. The Morgan fingerprint density at radius 3 is 2.54 bits per heavy atom. The maximum absolute atomic E-state index is 12.1. The Bertz CT molecular complexity index is 337. The minimum Gasteiger partial charge on any atom is -0.298 e. The first-order valence-corrected chi connectivity index (χ1v) is 4.21. The van der Waals surface area contributed by atoms with E-state index in [1.165, 1.54) is 0 Å². The number of aldehydes is 1. The van der Waals surface area contributed by atoms with Crippen molar-refractivity contribution in [3.8, 4) is 0 Å². The standard InChI is InChI=1S/C7H3F3INO/c8-7(9,10)5-1-4(3-13)6(11)12-2-5/h1-3H. The van der Waals surface area contributed by atoms with E-state index in [4.69, 9.17) is 0 Å². The van der Waals surface area contributed by atoms with Crippen LogP contribution in [0.1, 0.15) is 15.9 Å². The zero-order valence-corrected chi connectivity index (χ0v) is 8.26. The summed E-state index contributed by atoms with van der Waals surface area (Å²) in [5, 5.41) is 0. The van der Waals surface area contributed by atoms with Crippen molar-refractivity contribution < 1.29 is 18.0 Å². The van der Waals surface area contributed by atoms with Gasteiger partial charge in [0.05, 0.1) is 5.56 Å². The highest BCUT2D eigenvalue weighted by Crippen LogP contribution is 2.29. The molecule has 0 saturated heterocycles. The lowest BCUT2D eigenvalue weighted by molar-refractivity contribution is -0.137. The molecule has 1 rings (SSSR count). The van der Waals surface area contributed by atoms with E-state index >= 15 is 0 Å². The molecule has 0 atom stereocenters. The summed E-state index contributed by atoms with van der Waals surface area (Å²) in [5.41, 5.74) is -0.953. The molecule has 0 unspecified atom stereocenters. The van der Waals surface area contributed by atoms with Gasteiger partial charge in [-0.1, -0.05) is 0 Å². The second-order valence-corrected chi connectivity index (χ2v) is 3.24. The third-order valence-electron chi connectivity index (χ3n) is 1.32. The van der Waals surface area contributed by atoms with Gasteiger partial charge in [0.1, 0.15) is 3.70 Å². The fourth-order valence-electron chi connectivity index (χ4n) is 0.703. The van der Waals surface area contributed by atoms with Crippen LogP contribution in [0, 0.1) is 3.70 Å². The average molecular weight is 301 g/mol. The number of alkyl halides is 3. The molecule has 0 radical (unpaired) electrons. The highest BCUT2D eigenvalue weighted by atomic mass is 127. The van der Waals surface area contributed by atoms with Crippen LogP contribution in [0.25, 0.3) is 0 Å². The van der Waals surface area contributed by atoms with Crippen molar-refractivity contribution in [2.75, 3.05) is 0 Å². The van der Waals surface area contributed by atoms with Gasteiger partial charge < -0.3 is 0 Å². The van der Waals surface area contributed by atoms with Gasteiger partial charge in [0.2, 0.25) is 0 Å². The first-order valence-electron chi connectivity index (χ1n) is 3.13. The number of rotatable bonds is 1. The molecule has 0 spiro atoms. The van der Waals surface area contributed by atoms with Gasteiger partial charge in [-0.2, -0.15) is 13.2 Å². The van der Waals surface area contributed by atoms with Gasteiger partial charge in [0.25, 0.3) is 0 Å². The SMILES string of the molecule is O=Cc1cc(C(F)(F)F)cnc1I. The van der Waals surface area contributed by atoms with Crippen LogP contribution < -0.4 is 0 Å². The largest absolute Gasteiger partial charge is 0.417 e. The maximum Gasteiger partial charge on any atom is 0.417 e. The third kappa shape index (κ3) is 2.39. The van der Waals surface area contributed by atoms with Gasteiger partial charge in [-0.15, -0.1) is 0 Å². The lowest BCUT2D eigenvalue weighted by Gasteiger charge is -2.06. The van der Waals surface area contributed by atoms with Crippen LogP contribution in [0.5, 0.6) is 0 Å². The Balaban J connectivity index is 3.21. The molecule has 0 amide bonds. The number of nitrogens with zero attached hydrogens (tertiary/aromatic N) is 1. The molecule has 70 valence electrons. The third-order valence-corrected chi connectivity index (χ3v) is 2.22. The first kappa shape index (κ1) is 10.4. The van der Waals surface area contributed by atoms with Crippen molar-refractivity contribution >= 4 is 28.9 Å². The van der Waals surface area contributed by atoms with Crippen LogP contribution in [0.4, 0.5) is 13.2 Å². The summed E-state index contributed by atoms with van der Waals surface area (Å²) in [4.78, 5) is 13.7. The van der Waals surface area contributed by atoms with Gasteiger partial charge in [0.15, 0.2) is 6.29 Å². The Morgan fingerprint density at radius 2 is 2.08 bits per heavy atom. The number of carbonyl (C=O) groups excluding carboxylic acids is 1. The zero-order valence-electron chi connectivity index (χ0n) is 6.10. The molecule has 6 heteroatoms. The monoisotopic (exact) mass is 301 g/mol. The summed E-state index contributed by atoms with van der Waals surface area (Å²) in [6.07, 6.45) is -3.39. The van der Waals surface area contributed by atoms with E-state index in [0.29, 0.717) is 12.5 Å². The lowest BCUT2D eigenvalue weighted by Crippen LogP contribution is -2.07. The van der Waals surface area contributed by atoms with Crippen molar-refractivity contribution in [1.29, 1.82) is 0 Å². The van der Waals surface area contributed by atoms with Crippen molar-refractivity contribution in [2.45, 2.75) is 6.18 Å². The van der Waals surface area contributed by atoms with Crippen LogP contribution in [0.2, 0.25) is 0 Å². The van der Waals surface area contributed by atoms with Gasteiger partial charge in [-0.05, 0) is 28.7 Å². The molecule has 0 fully saturated rings. The van der Waals surface area contributed by atoms with Crippen molar-refractivity contribution in [3.63, 3.8) is 0 Å². The topological polar surface area (TPSA) is 30.0 Å². The van der Waals surface area contributed by atoms with Crippen molar-refractivity contribution in [2.24, 2.45) is 0 Å². The van der Waals surface area contributed by atoms with Gasteiger partial charge in [0, 0.05) is 11.8 Å². The molecule has 0 saturated carbocycles. The number of pyridine rings is 1. The minimum absolute atomic E-state index is 0.0459. The van der Waals surface area contributed by atoms with E-state index in [0.717, 1.165) is 6.07 Å². The quantitative estimate of drug-likeness (QED) is 0.453. The van der Waals surface area contributed by atoms with E-state index in [2.05, 4.69) is 4.98 Å². The molecule has 1 heterocycles. The lowest BCUT2D eigenvalue weighted by atomic mass is 10.2. The van der Waals surface area contributed by atoms with E-state index in [1.807, 2.05) is 0 Å². The van der Waals surface area contributed by atoms with E-state index in [9.17, 15) is 18.0 Å². The Morgan fingerprint density at radius 1 is 1.46 bits per heavy atom. The molecule has 0 bridgehead atoms. The smallest absolute Gasteiger partial charge is 0.298 e. The number of halogens is 4. The highest BCUT2D eigenvalue weighted by molar-refractivity contribution is 14.1.